The molecule has 6 nitrogen and oxygen atoms in total. The molecular formula is C18H17N3O3S. The van der Waals surface area contributed by atoms with Crippen LogP contribution in [0.1, 0.15) is 24.8 Å². The van der Waals surface area contributed by atoms with Gasteiger partial charge in [-0.2, -0.15) is 9.29 Å². The van der Waals surface area contributed by atoms with E-state index < -0.39 is 16.1 Å². The van der Waals surface area contributed by atoms with Crippen molar-refractivity contribution in [1.82, 2.24) is 14.4 Å². The average Bonchev–Trinajstić information content (AvgIpc) is 3.33. The monoisotopic (exact) mass is 355 g/mol. The fourth-order valence-electron chi connectivity index (χ4n) is 3.08. The SMILES string of the molecule is O=S(=O)(c1ccccc1)N1CCCC1c1nc(-c2ccccc2)no1. The van der Waals surface area contributed by atoms with Crippen LogP contribution in [0.3, 0.4) is 0 Å². The summed E-state index contributed by atoms with van der Waals surface area (Å²) in [5.41, 5.74) is 0.841. The van der Waals surface area contributed by atoms with Crippen LogP contribution in [0, 0.1) is 0 Å². The van der Waals surface area contributed by atoms with E-state index in [1.807, 2.05) is 30.3 Å². The second-order valence-electron chi connectivity index (χ2n) is 5.91. The Morgan fingerprint density at radius 3 is 2.40 bits per heavy atom. The van der Waals surface area contributed by atoms with E-state index in [1.165, 1.54) is 4.31 Å². The number of hydrogen-bond acceptors (Lipinski definition) is 5. The highest BCUT2D eigenvalue weighted by atomic mass is 32.2. The van der Waals surface area contributed by atoms with Crippen LogP contribution < -0.4 is 0 Å². The van der Waals surface area contributed by atoms with Crippen LogP contribution in [0.4, 0.5) is 0 Å². The van der Waals surface area contributed by atoms with Crippen molar-refractivity contribution in [2.24, 2.45) is 0 Å². The number of sulfonamides is 1. The van der Waals surface area contributed by atoms with Gasteiger partial charge in [0.15, 0.2) is 0 Å². The third-order valence-corrected chi connectivity index (χ3v) is 6.23. The van der Waals surface area contributed by atoms with E-state index in [4.69, 9.17) is 4.52 Å². The van der Waals surface area contributed by atoms with Crippen molar-refractivity contribution in [2.75, 3.05) is 6.54 Å². The van der Waals surface area contributed by atoms with Gasteiger partial charge in [-0.1, -0.05) is 53.7 Å². The van der Waals surface area contributed by atoms with Gasteiger partial charge in [0.05, 0.1) is 4.90 Å². The summed E-state index contributed by atoms with van der Waals surface area (Å²) in [6.45, 7) is 0.449. The lowest BCUT2D eigenvalue weighted by Gasteiger charge is -2.21. The molecule has 25 heavy (non-hydrogen) atoms. The summed E-state index contributed by atoms with van der Waals surface area (Å²) in [5.74, 6) is 0.815. The summed E-state index contributed by atoms with van der Waals surface area (Å²) >= 11 is 0. The summed E-state index contributed by atoms with van der Waals surface area (Å²) in [4.78, 5) is 4.72. The molecule has 1 saturated heterocycles. The van der Waals surface area contributed by atoms with Crippen LogP contribution in [0.2, 0.25) is 0 Å². The van der Waals surface area contributed by atoms with Crippen molar-refractivity contribution in [3.8, 4) is 11.4 Å². The van der Waals surface area contributed by atoms with Gasteiger partial charge in [0.25, 0.3) is 0 Å². The lowest BCUT2D eigenvalue weighted by molar-refractivity contribution is 0.290. The van der Waals surface area contributed by atoms with Crippen LogP contribution in [-0.2, 0) is 10.0 Å². The third kappa shape index (κ3) is 2.96. The van der Waals surface area contributed by atoms with Gasteiger partial charge in [0.2, 0.25) is 21.7 Å². The van der Waals surface area contributed by atoms with Crippen LogP contribution in [0.25, 0.3) is 11.4 Å². The van der Waals surface area contributed by atoms with E-state index in [0.29, 0.717) is 24.7 Å². The Morgan fingerprint density at radius 1 is 1.00 bits per heavy atom. The predicted molar refractivity (Wildman–Crippen MR) is 92.0 cm³/mol. The van der Waals surface area contributed by atoms with Crippen molar-refractivity contribution in [2.45, 2.75) is 23.8 Å². The first-order valence-electron chi connectivity index (χ1n) is 8.12. The zero-order valence-corrected chi connectivity index (χ0v) is 14.3. The molecule has 128 valence electrons. The summed E-state index contributed by atoms with van der Waals surface area (Å²) in [7, 11) is -3.59. The van der Waals surface area contributed by atoms with Gasteiger partial charge in [-0.15, -0.1) is 0 Å². The Hall–Kier alpha value is -2.51. The van der Waals surface area contributed by atoms with Gasteiger partial charge in [0, 0.05) is 12.1 Å². The highest BCUT2D eigenvalue weighted by Gasteiger charge is 2.39. The normalized spacial score (nSPS) is 18.5. The third-order valence-electron chi connectivity index (χ3n) is 4.31. The van der Waals surface area contributed by atoms with Gasteiger partial charge in [-0.05, 0) is 25.0 Å². The number of benzene rings is 2. The molecule has 0 spiro atoms. The van der Waals surface area contributed by atoms with Gasteiger partial charge >= 0.3 is 0 Å². The molecule has 0 amide bonds. The van der Waals surface area contributed by atoms with E-state index >= 15 is 0 Å². The molecule has 0 radical (unpaired) electrons. The Kier molecular flexibility index (Phi) is 4.10. The lowest BCUT2D eigenvalue weighted by Crippen LogP contribution is -2.30. The molecule has 4 rings (SSSR count). The molecule has 1 unspecified atom stereocenters. The molecule has 1 aliphatic heterocycles. The molecule has 3 aromatic rings. The first-order chi connectivity index (χ1) is 12.2. The molecule has 2 aromatic carbocycles. The Balaban J connectivity index is 1.66. The molecule has 1 fully saturated rings. The minimum absolute atomic E-state index is 0.282. The molecular weight excluding hydrogens is 338 g/mol. The smallest absolute Gasteiger partial charge is 0.245 e. The Bertz CT molecular complexity index is 956. The van der Waals surface area contributed by atoms with E-state index in [1.54, 1.807) is 30.3 Å². The van der Waals surface area contributed by atoms with Crippen molar-refractivity contribution in [1.29, 1.82) is 0 Å². The van der Waals surface area contributed by atoms with Crippen LogP contribution in [0.5, 0.6) is 0 Å². The highest BCUT2D eigenvalue weighted by Crippen LogP contribution is 2.36. The molecule has 1 aliphatic rings. The lowest BCUT2D eigenvalue weighted by atomic mass is 10.2. The molecule has 0 aliphatic carbocycles. The molecule has 1 atom stereocenters. The van der Waals surface area contributed by atoms with E-state index in [2.05, 4.69) is 10.1 Å². The largest absolute Gasteiger partial charge is 0.337 e. The number of nitrogens with zero attached hydrogens (tertiary/aromatic N) is 3. The predicted octanol–water partition coefficient (Wildman–Crippen LogP) is 3.26. The fourth-order valence-corrected chi connectivity index (χ4v) is 4.75. The Morgan fingerprint density at radius 2 is 1.68 bits per heavy atom. The topological polar surface area (TPSA) is 76.3 Å². The van der Waals surface area contributed by atoms with Crippen molar-refractivity contribution < 1.29 is 12.9 Å². The summed E-state index contributed by atoms with van der Waals surface area (Å²) in [6, 6.07) is 17.5. The molecule has 0 bridgehead atoms. The van der Waals surface area contributed by atoms with Crippen molar-refractivity contribution in [3.05, 3.63) is 66.6 Å². The van der Waals surface area contributed by atoms with Crippen molar-refractivity contribution in [3.63, 3.8) is 0 Å². The minimum Gasteiger partial charge on any atom is -0.337 e. The quantitative estimate of drug-likeness (QED) is 0.718. The maximum absolute atomic E-state index is 12.9. The number of rotatable bonds is 4. The van der Waals surface area contributed by atoms with Crippen molar-refractivity contribution >= 4 is 10.0 Å². The van der Waals surface area contributed by atoms with E-state index in [-0.39, 0.29) is 4.90 Å². The highest BCUT2D eigenvalue weighted by molar-refractivity contribution is 7.89. The summed E-state index contributed by atoms with van der Waals surface area (Å²) < 4.78 is 32.7. The molecule has 7 heteroatoms. The standard InChI is InChI=1S/C18H17N3O3S/c22-25(23,15-10-5-2-6-11-15)21-13-7-12-16(21)18-19-17(20-24-18)14-8-3-1-4-9-14/h1-6,8-11,16H,7,12-13H2. The van der Waals surface area contributed by atoms with E-state index in [0.717, 1.165) is 12.0 Å². The van der Waals surface area contributed by atoms with Crippen LogP contribution in [0.15, 0.2) is 70.1 Å². The number of aromatic nitrogens is 2. The minimum atomic E-state index is -3.59. The maximum atomic E-state index is 12.9. The number of hydrogen-bond donors (Lipinski definition) is 0. The molecule has 1 aromatic heterocycles. The second-order valence-corrected chi connectivity index (χ2v) is 7.80. The molecule has 2 heterocycles. The first-order valence-corrected chi connectivity index (χ1v) is 9.56. The Labute approximate surface area is 146 Å². The summed E-state index contributed by atoms with van der Waals surface area (Å²) in [5, 5.41) is 4.01. The van der Waals surface area contributed by atoms with Gasteiger partial charge in [0.1, 0.15) is 6.04 Å². The van der Waals surface area contributed by atoms with Crippen LogP contribution >= 0.6 is 0 Å². The zero-order valence-electron chi connectivity index (χ0n) is 13.4. The van der Waals surface area contributed by atoms with Gasteiger partial charge in [-0.25, -0.2) is 8.42 Å². The zero-order chi connectivity index (χ0) is 17.3. The first kappa shape index (κ1) is 16.0. The molecule has 0 N–H and O–H groups in total. The fraction of sp³-hybridized carbons (Fsp3) is 0.222. The van der Waals surface area contributed by atoms with Crippen LogP contribution in [-0.4, -0.2) is 29.4 Å². The van der Waals surface area contributed by atoms with E-state index in [9.17, 15) is 8.42 Å². The maximum Gasteiger partial charge on any atom is 0.245 e. The van der Waals surface area contributed by atoms with Gasteiger partial charge in [-0.3, -0.25) is 0 Å². The van der Waals surface area contributed by atoms with Gasteiger partial charge < -0.3 is 4.52 Å². The summed E-state index contributed by atoms with van der Waals surface area (Å²) in [6.07, 6.45) is 1.43. The molecule has 0 saturated carbocycles. The average molecular weight is 355 g/mol. The second kappa shape index (κ2) is 6.42.